The van der Waals surface area contributed by atoms with Crippen molar-refractivity contribution in [2.75, 3.05) is 9.21 Å². The zero-order valence-corrected chi connectivity index (χ0v) is 17.1. The van der Waals surface area contributed by atoms with Crippen molar-refractivity contribution in [2.24, 2.45) is 0 Å². The lowest BCUT2D eigenvalue weighted by molar-refractivity contribution is -0.118. The molecule has 0 fully saturated rings. The Morgan fingerprint density at radius 3 is 2.07 bits per heavy atom. The van der Waals surface area contributed by atoms with Crippen molar-refractivity contribution in [1.29, 1.82) is 0 Å². The minimum Gasteiger partial charge on any atom is -0.284 e. The van der Waals surface area contributed by atoms with E-state index in [1.54, 1.807) is 54.3 Å². The van der Waals surface area contributed by atoms with E-state index in [1.165, 1.54) is 4.31 Å². The number of carbonyl (C=O) groups is 1. The zero-order valence-electron chi connectivity index (χ0n) is 16.3. The molecule has 1 amide bonds. The smallest absolute Gasteiger partial charge is 0.266 e. The fourth-order valence-corrected chi connectivity index (χ4v) is 5.26. The molecule has 0 saturated heterocycles. The number of nitrogens with zero attached hydrogens (tertiary/aromatic N) is 2. The van der Waals surface area contributed by atoms with Gasteiger partial charge in [-0.05, 0) is 36.8 Å². The Kier molecular flexibility index (Phi) is 4.88. The van der Waals surface area contributed by atoms with Gasteiger partial charge in [-0.25, -0.2) is 12.7 Å². The predicted molar refractivity (Wildman–Crippen MR) is 114 cm³/mol. The lowest BCUT2D eigenvalue weighted by Crippen LogP contribution is -2.42. The van der Waals surface area contributed by atoms with Gasteiger partial charge in [0.25, 0.3) is 10.0 Å². The van der Waals surface area contributed by atoms with Crippen LogP contribution in [-0.4, -0.2) is 14.3 Å². The third kappa shape index (κ3) is 3.19. The van der Waals surface area contributed by atoms with Crippen LogP contribution in [0.25, 0.3) is 0 Å². The lowest BCUT2D eigenvalue weighted by atomic mass is 10.1. The highest BCUT2D eigenvalue weighted by atomic mass is 32.2. The molecule has 0 aromatic heterocycles. The van der Waals surface area contributed by atoms with Crippen molar-refractivity contribution in [2.45, 2.75) is 31.3 Å². The quantitative estimate of drug-likeness (QED) is 0.634. The van der Waals surface area contributed by atoms with E-state index in [-0.39, 0.29) is 17.2 Å². The lowest BCUT2D eigenvalue weighted by Gasteiger charge is -2.31. The molecule has 1 heterocycles. The number of anilines is 2. The number of para-hydroxylation sites is 2. The van der Waals surface area contributed by atoms with Crippen molar-refractivity contribution in [1.82, 2.24) is 0 Å². The van der Waals surface area contributed by atoms with Gasteiger partial charge in [0.2, 0.25) is 5.91 Å². The van der Waals surface area contributed by atoms with Crippen molar-refractivity contribution in [3.05, 3.63) is 90.0 Å². The summed E-state index contributed by atoms with van der Waals surface area (Å²) < 4.78 is 28.8. The molecule has 1 aliphatic rings. The largest absolute Gasteiger partial charge is 0.284 e. The molecule has 1 unspecified atom stereocenters. The van der Waals surface area contributed by atoms with Gasteiger partial charge in [-0.2, -0.15) is 0 Å². The standard InChI is InChI=1S/C23H22N2O3S/c1-3-22(26)24-20-11-7-8-12-21(20)25(23(24)18-9-5-4-6-10-18)29(27,28)19-15-13-17(2)14-16-19/h4-16,23H,3H2,1-2H3. The molecule has 1 atom stereocenters. The number of hydrogen-bond acceptors (Lipinski definition) is 3. The Bertz CT molecular complexity index is 1140. The maximum absolute atomic E-state index is 13.7. The van der Waals surface area contributed by atoms with Crippen molar-refractivity contribution >= 4 is 27.3 Å². The van der Waals surface area contributed by atoms with E-state index in [0.717, 1.165) is 11.1 Å². The second-order valence-electron chi connectivity index (χ2n) is 7.00. The summed E-state index contributed by atoms with van der Waals surface area (Å²) in [6.07, 6.45) is -0.497. The highest BCUT2D eigenvalue weighted by molar-refractivity contribution is 7.92. The molecule has 29 heavy (non-hydrogen) atoms. The van der Waals surface area contributed by atoms with Gasteiger partial charge >= 0.3 is 0 Å². The van der Waals surface area contributed by atoms with Gasteiger partial charge < -0.3 is 0 Å². The maximum atomic E-state index is 13.7. The third-order valence-electron chi connectivity index (χ3n) is 5.09. The molecule has 0 saturated carbocycles. The van der Waals surface area contributed by atoms with E-state index in [9.17, 15) is 13.2 Å². The summed E-state index contributed by atoms with van der Waals surface area (Å²) in [5.74, 6) is -0.132. The monoisotopic (exact) mass is 406 g/mol. The SMILES string of the molecule is CCC(=O)N1c2ccccc2N(S(=O)(=O)c2ccc(C)cc2)C1c1ccccc1. The van der Waals surface area contributed by atoms with Crippen LogP contribution in [0, 0.1) is 6.92 Å². The number of hydrogen-bond donors (Lipinski definition) is 0. The average molecular weight is 407 g/mol. The van der Waals surface area contributed by atoms with E-state index < -0.39 is 16.2 Å². The summed E-state index contributed by atoms with van der Waals surface area (Å²) in [6.45, 7) is 3.69. The number of carbonyl (C=O) groups excluding carboxylic acids is 1. The third-order valence-corrected chi connectivity index (χ3v) is 6.87. The van der Waals surface area contributed by atoms with Crippen LogP contribution < -0.4 is 9.21 Å². The van der Waals surface area contributed by atoms with Gasteiger partial charge in [-0.1, -0.05) is 67.1 Å². The van der Waals surface area contributed by atoms with Gasteiger partial charge in [-0.15, -0.1) is 0 Å². The number of benzene rings is 3. The minimum absolute atomic E-state index is 0.132. The number of aryl methyl sites for hydroxylation is 1. The Morgan fingerprint density at radius 1 is 0.862 bits per heavy atom. The zero-order chi connectivity index (χ0) is 20.6. The number of amides is 1. The van der Waals surface area contributed by atoms with E-state index in [2.05, 4.69) is 0 Å². The molecule has 3 aromatic carbocycles. The Morgan fingerprint density at radius 2 is 1.45 bits per heavy atom. The second kappa shape index (κ2) is 7.37. The summed E-state index contributed by atoms with van der Waals surface area (Å²) in [6, 6.07) is 23.2. The molecule has 3 aromatic rings. The summed E-state index contributed by atoms with van der Waals surface area (Å²) in [5.41, 5.74) is 2.82. The van der Waals surface area contributed by atoms with E-state index in [4.69, 9.17) is 0 Å². The summed E-state index contributed by atoms with van der Waals surface area (Å²) in [4.78, 5) is 14.7. The van der Waals surface area contributed by atoms with Crippen LogP contribution in [0.4, 0.5) is 11.4 Å². The molecular formula is C23H22N2O3S. The van der Waals surface area contributed by atoms with Crippen molar-refractivity contribution in [3.63, 3.8) is 0 Å². The van der Waals surface area contributed by atoms with E-state index in [1.807, 2.05) is 43.3 Å². The minimum atomic E-state index is -3.90. The predicted octanol–water partition coefficient (Wildman–Crippen LogP) is 4.65. The van der Waals surface area contributed by atoms with Crippen LogP contribution in [0.1, 0.15) is 30.6 Å². The van der Waals surface area contributed by atoms with Crippen molar-refractivity contribution < 1.29 is 13.2 Å². The Hall–Kier alpha value is -3.12. The Labute approximate surface area is 171 Å². The summed E-state index contributed by atoms with van der Waals surface area (Å²) >= 11 is 0. The molecule has 6 heteroatoms. The number of rotatable bonds is 4. The molecule has 0 radical (unpaired) electrons. The van der Waals surface area contributed by atoms with E-state index >= 15 is 0 Å². The molecule has 0 bridgehead atoms. The van der Waals surface area contributed by atoms with Gasteiger partial charge in [-0.3, -0.25) is 9.69 Å². The summed E-state index contributed by atoms with van der Waals surface area (Å²) in [5, 5.41) is 0. The van der Waals surface area contributed by atoms with Crippen LogP contribution in [0.5, 0.6) is 0 Å². The molecule has 5 nitrogen and oxygen atoms in total. The first kappa shape index (κ1) is 19.2. The number of fused-ring (bicyclic) bond motifs is 1. The first-order valence-corrected chi connectivity index (χ1v) is 11.0. The average Bonchev–Trinajstić information content (AvgIpc) is 3.10. The van der Waals surface area contributed by atoms with Crippen LogP contribution >= 0.6 is 0 Å². The van der Waals surface area contributed by atoms with Gasteiger partial charge in [0.05, 0.1) is 16.3 Å². The normalized spacial score (nSPS) is 16.0. The van der Waals surface area contributed by atoms with Crippen LogP contribution in [-0.2, 0) is 14.8 Å². The van der Waals surface area contributed by atoms with Crippen LogP contribution in [0.2, 0.25) is 0 Å². The molecular weight excluding hydrogens is 384 g/mol. The highest BCUT2D eigenvalue weighted by Gasteiger charge is 2.45. The first-order chi connectivity index (χ1) is 13.9. The molecule has 1 aliphatic heterocycles. The Balaban J connectivity index is 1.96. The highest BCUT2D eigenvalue weighted by Crippen LogP contribution is 2.49. The second-order valence-corrected chi connectivity index (χ2v) is 8.82. The molecule has 148 valence electrons. The van der Waals surface area contributed by atoms with Gasteiger partial charge in [0.15, 0.2) is 0 Å². The fraction of sp³-hybridized carbons (Fsp3) is 0.174. The molecule has 4 rings (SSSR count). The van der Waals surface area contributed by atoms with Gasteiger partial charge in [0.1, 0.15) is 6.17 Å². The summed E-state index contributed by atoms with van der Waals surface area (Å²) in [7, 11) is -3.90. The number of sulfonamides is 1. The molecule has 0 aliphatic carbocycles. The van der Waals surface area contributed by atoms with E-state index in [0.29, 0.717) is 11.4 Å². The maximum Gasteiger partial charge on any atom is 0.266 e. The van der Waals surface area contributed by atoms with Gasteiger partial charge in [0, 0.05) is 6.42 Å². The van der Waals surface area contributed by atoms with Crippen LogP contribution in [0.15, 0.2) is 83.8 Å². The first-order valence-electron chi connectivity index (χ1n) is 9.52. The topological polar surface area (TPSA) is 57.7 Å². The fourth-order valence-electron chi connectivity index (χ4n) is 3.66. The van der Waals surface area contributed by atoms with Crippen molar-refractivity contribution in [3.8, 4) is 0 Å². The molecule has 0 spiro atoms. The van der Waals surface area contributed by atoms with Crippen LogP contribution in [0.3, 0.4) is 0 Å². The molecule has 0 N–H and O–H groups in total.